The number of methoxy groups -OCH3 is 1. The van der Waals surface area contributed by atoms with Crippen molar-refractivity contribution in [1.29, 1.82) is 0 Å². The molecule has 0 saturated carbocycles. The summed E-state index contributed by atoms with van der Waals surface area (Å²) in [6, 6.07) is 7.66. The van der Waals surface area contributed by atoms with Crippen LogP contribution in [0.5, 0.6) is 5.75 Å². The number of nitrogens with two attached hydrogens (primary N) is 1. The number of anilines is 1. The zero-order valence-electron chi connectivity index (χ0n) is 9.84. The Balaban J connectivity index is 2.62. The van der Waals surface area contributed by atoms with E-state index in [1.165, 1.54) is 0 Å². The Kier molecular flexibility index (Phi) is 3.24. The zero-order valence-corrected chi connectivity index (χ0v) is 9.84. The molecule has 2 aromatic rings. The largest absolute Gasteiger partial charge is 0.495 e. The Labute approximate surface area is 99.4 Å². The van der Waals surface area contributed by atoms with Gasteiger partial charge in [0.15, 0.2) is 5.82 Å². The fraction of sp³-hybridized carbons (Fsp3) is 0.273. The van der Waals surface area contributed by atoms with Gasteiger partial charge in [-0.3, -0.25) is 4.57 Å². The van der Waals surface area contributed by atoms with Gasteiger partial charge in [-0.2, -0.15) is 0 Å². The molecule has 6 heteroatoms. The highest BCUT2D eigenvalue weighted by atomic mass is 16.5. The lowest BCUT2D eigenvalue weighted by molar-refractivity contribution is 0.412. The molecule has 2 rings (SSSR count). The van der Waals surface area contributed by atoms with Gasteiger partial charge in [0, 0.05) is 7.05 Å². The molecule has 0 aliphatic rings. The number of aromatic nitrogens is 3. The molecule has 0 unspecified atom stereocenters. The molecule has 0 bridgehead atoms. The fourth-order valence-corrected chi connectivity index (χ4v) is 1.68. The summed E-state index contributed by atoms with van der Waals surface area (Å²) in [7, 11) is 3.42. The quantitative estimate of drug-likeness (QED) is 0.815. The van der Waals surface area contributed by atoms with E-state index in [1.54, 1.807) is 14.2 Å². The number of hydrogen-bond donors (Lipinski definition) is 2. The fourth-order valence-electron chi connectivity index (χ4n) is 1.68. The van der Waals surface area contributed by atoms with E-state index < -0.39 is 0 Å². The summed E-state index contributed by atoms with van der Waals surface area (Å²) < 4.78 is 7.17. The Morgan fingerprint density at radius 2 is 2.12 bits per heavy atom. The Morgan fingerprint density at radius 3 is 2.76 bits per heavy atom. The van der Waals surface area contributed by atoms with Gasteiger partial charge in [0.2, 0.25) is 5.95 Å². The molecule has 6 nitrogen and oxygen atoms in total. The summed E-state index contributed by atoms with van der Waals surface area (Å²) in [5.74, 6) is 2.06. The van der Waals surface area contributed by atoms with Crippen molar-refractivity contribution in [2.24, 2.45) is 5.73 Å². The van der Waals surface area contributed by atoms with Crippen molar-refractivity contribution in [3.8, 4) is 11.4 Å². The van der Waals surface area contributed by atoms with Crippen LogP contribution < -0.4 is 15.8 Å². The Bertz CT molecular complexity index is 487. The smallest absolute Gasteiger partial charge is 0.229 e. The maximum atomic E-state index is 5.66. The second kappa shape index (κ2) is 4.84. The second-order valence-corrected chi connectivity index (χ2v) is 3.40. The standard InChI is InChI=1S/C11H15N5O/c1-13-11-15-14-10(7-12)16(11)8-5-3-4-6-9(8)17-2/h3-6H,7,12H2,1-2H3,(H,13,15). The summed E-state index contributed by atoms with van der Waals surface area (Å²) in [5, 5.41) is 11.0. The molecular weight excluding hydrogens is 218 g/mol. The average Bonchev–Trinajstić information content (AvgIpc) is 2.81. The first-order valence-corrected chi connectivity index (χ1v) is 5.27. The van der Waals surface area contributed by atoms with Gasteiger partial charge >= 0.3 is 0 Å². The average molecular weight is 233 g/mol. The number of rotatable bonds is 4. The van der Waals surface area contributed by atoms with E-state index in [9.17, 15) is 0 Å². The number of benzene rings is 1. The van der Waals surface area contributed by atoms with Crippen LogP contribution in [0.3, 0.4) is 0 Å². The van der Waals surface area contributed by atoms with E-state index in [0.29, 0.717) is 18.3 Å². The maximum absolute atomic E-state index is 5.66. The van der Waals surface area contributed by atoms with Crippen LogP contribution in [0.25, 0.3) is 5.69 Å². The topological polar surface area (TPSA) is 78.0 Å². The van der Waals surface area contributed by atoms with E-state index in [1.807, 2.05) is 28.8 Å². The molecule has 0 fully saturated rings. The van der Waals surface area contributed by atoms with Gasteiger partial charge in [-0.25, -0.2) is 0 Å². The van der Waals surface area contributed by atoms with E-state index in [-0.39, 0.29) is 0 Å². The van der Waals surface area contributed by atoms with Crippen LogP contribution in [-0.4, -0.2) is 28.9 Å². The molecule has 90 valence electrons. The molecular formula is C11H15N5O. The third-order valence-corrected chi connectivity index (χ3v) is 2.46. The predicted molar refractivity (Wildman–Crippen MR) is 65.3 cm³/mol. The third kappa shape index (κ3) is 1.94. The lowest BCUT2D eigenvalue weighted by atomic mass is 10.3. The van der Waals surface area contributed by atoms with Crippen molar-refractivity contribution >= 4 is 5.95 Å². The van der Waals surface area contributed by atoms with Crippen molar-refractivity contribution in [2.45, 2.75) is 6.54 Å². The lowest BCUT2D eigenvalue weighted by Crippen LogP contribution is -2.10. The predicted octanol–water partition coefficient (Wildman–Crippen LogP) is 0.776. The minimum absolute atomic E-state index is 0.312. The SMILES string of the molecule is CNc1nnc(CN)n1-c1ccccc1OC. The van der Waals surface area contributed by atoms with Crippen molar-refractivity contribution in [1.82, 2.24) is 14.8 Å². The summed E-state index contributed by atoms with van der Waals surface area (Å²) in [6.07, 6.45) is 0. The van der Waals surface area contributed by atoms with E-state index in [0.717, 1.165) is 11.4 Å². The molecule has 0 spiro atoms. The van der Waals surface area contributed by atoms with E-state index >= 15 is 0 Å². The summed E-state index contributed by atoms with van der Waals surface area (Å²) in [6.45, 7) is 0.312. The summed E-state index contributed by atoms with van der Waals surface area (Å²) in [4.78, 5) is 0. The maximum Gasteiger partial charge on any atom is 0.229 e. The van der Waals surface area contributed by atoms with Gasteiger partial charge in [-0.05, 0) is 12.1 Å². The van der Waals surface area contributed by atoms with Gasteiger partial charge in [0.05, 0.1) is 19.3 Å². The van der Waals surface area contributed by atoms with Crippen LogP contribution in [0.15, 0.2) is 24.3 Å². The van der Waals surface area contributed by atoms with Crippen LogP contribution in [0, 0.1) is 0 Å². The molecule has 0 aliphatic carbocycles. The lowest BCUT2D eigenvalue weighted by Gasteiger charge is -2.12. The van der Waals surface area contributed by atoms with Crippen LogP contribution in [-0.2, 0) is 6.54 Å². The van der Waals surface area contributed by atoms with Gasteiger partial charge < -0.3 is 15.8 Å². The first kappa shape index (κ1) is 11.4. The van der Waals surface area contributed by atoms with Crippen LogP contribution >= 0.6 is 0 Å². The highest BCUT2D eigenvalue weighted by molar-refractivity contribution is 5.51. The first-order valence-electron chi connectivity index (χ1n) is 5.27. The van der Waals surface area contributed by atoms with Crippen LogP contribution in [0.1, 0.15) is 5.82 Å². The molecule has 0 aliphatic heterocycles. The van der Waals surface area contributed by atoms with Gasteiger partial charge in [0.1, 0.15) is 5.75 Å². The monoisotopic (exact) mass is 233 g/mol. The highest BCUT2D eigenvalue weighted by Gasteiger charge is 2.14. The molecule has 0 radical (unpaired) electrons. The van der Waals surface area contributed by atoms with Gasteiger partial charge in [-0.1, -0.05) is 12.1 Å². The molecule has 1 aromatic heterocycles. The minimum atomic E-state index is 0.312. The molecule has 17 heavy (non-hydrogen) atoms. The van der Waals surface area contributed by atoms with Crippen molar-refractivity contribution in [2.75, 3.05) is 19.5 Å². The minimum Gasteiger partial charge on any atom is -0.495 e. The van der Waals surface area contributed by atoms with Crippen LogP contribution in [0.2, 0.25) is 0 Å². The number of para-hydroxylation sites is 2. The zero-order chi connectivity index (χ0) is 12.3. The van der Waals surface area contributed by atoms with Crippen molar-refractivity contribution in [3.63, 3.8) is 0 Å². The number of nitrogens with zero attached hydrogens (tertiary/aromatic N) is 3. The Morgan fingerprint density at radius 1 is 1.35 bits per heavy atom. The molecule has 0 atom stereocenters. The van der Waals surface area contributed by atoms with Crippen LogP contribution in [0.4, 0.5) is 5.95 Å². The highest BCUT2D eigenvalue weighted by Crippen LogP contribution is 2.25. The number of hydrogen-bond acceptors (Lipinski definition) is 5. The molecule has 1 heterocycles. The Hall–Kier alpha value is -2.08. The first-order chi connectivity index (χ1) is 8.31. The number of ether oxygens (including phenoxy) is 1. The molecule has 0 saturated heterocycles. The van der Waals surface area contributed by atoms with Crippen molar-refractivity contribution < 1.29 is 4.74 Å². The molecule has 1 aromatic carbocycles. The van der Waals surface area contributed by atoms with E-state index in [2.05, 4.69) is 15.5 Å². The summed E-state index contributed by atoms with van der Waals surface area (Å²) in [5.41, 5.74) is 6.52. The van der Waals surface area contributed by atoms with Crippen molar-refractivity contribution in [3.05, 3.63) is 30.1 Å². The van der Waals surface area contributed by atoms with Gasteiger partial charge in [-0.15, -0.1) is 10.2 Å². The van der Waals surface area contributed by atoms with Gasteiger partial charge in [0.25, 0.3) is 0 Å². The molecule has 0 amide bonds. The van der Waals surface area contributed by atoms with E-state index in [4.69, 9.17) is 10.5 Å². The third-order valence-electron chi connectivity index (χ3n) is 2.46. The summed E-state index contributed by atoms with van der Waals surface area (Å²) >= 11 is 0. The molecule has 3 N–H and O–H groups in total. The second-order valence-electron chi connectivity index (χ2n) is 3.40. The normalized spacial score (nSPS) is 10.3. The number of nitrogens with one attached hydrogen (secondary N) is 1.